The van der Waals surface area contributed by atoms with Crippen LogP contribution in [-0.2, 0) is 21.0 Å². The summed E-state index contributed by atoms with van der Waals surface area (Å²) in [5.41, 5.74) is 0.958. The van der Waals surface area contributed by atoms with Crippen molar-refractivity contribution in [1.82, 2.24) is 5.32 Å². The van der Waals surface area contributed by atoms with Crippen LogP contribution in [0.25, 0.3) is 0 Å². The van der Waals surface area contributed by atoms with Gasteiger partial charge >= 0.3 is 6.09 Å². The molecule has 6 heteroatoms. The van der Waals surface area contributed by atoms with Gasteiger partial charge in [-0.15, -0.1) is 0 Å². The molecule has 1 aromatic rings. The summed E-state index contributed by atoms with van der Waals surface area (Å²) in [6.45, 7) is 2.54. The van der Waals surface area contributed by atoms with Crippen molar-refractivity contribution in [3.8, 4) is 0 Å². The molecular formula is C12H17NO4S. The van der Waals surface area contributed by atoms with Gasteiger partial charge < -0.3 is 10.1 Å². The fourth-order valence-electron chi connectivity index (χ4n) is 1.39. The maximum atomic E-state index is 11.2. The van der Waals surface area contributed by atoms with Gasteiger partial charge in [0.1, 0.15) is 0 Å². The van der Waals surface area contributed by atoms with Crippen LogP contribution >= 0.6 is 0 Å². The molecule has 0 aliphatic carbocycles. The van der Waals surface area contributed by atoms with Crippen molar-refractivity contribution in [3.05, 3.63) is 29.8 Å². The van der Waals surface area contributed by atoms with Gasteiger partial charge in [-0.05, 0) is 31.0 Å². The molecule has 0 saturated carbocycles. The molecule has 0 unspecified atom stereocenters. The zero-order valence-electron chi connectivity index (χ0n) is 10.5. The first-order valence-corrected chi connectivity index (χ1v) is 7.52. The first-order chi connectivity index (χ1) is 8.43. The molecule has 1 N–H and O–H groups in total. The summed E-state index contributed by atoms with van der Waals surface area (Å²) in [5.74, 6) is 0. The minimum atomic E-state index is -3.15. The SMILES string of the molecule is CCOC(=O)NCCc1ccc(S(C)(=O)=O)cc1. The van der Waals surface area contributed by atoms with Crippen molar-refractivity contribution in [2.45, 2.75) is 18.2 Å². The summed E-state index contributed by atoms with van der Waals surface area (Å²) < 4.78 is 27.2. The van der Waals surface area contributed by atoms with Crippen LogP contribution in [0.1, 0.15) is 12.5 Å². The van der Waals surface area contributed by atoms with Crippen LogP contribution in [0.2, 0.25) is 0 Å². The molecule has 0 aromatic heterocycles. The number of carbonyl (C=O) groups excluding carboxylic acids is 1. The summed E-state index contributed by atoms with van der Waals surface area (Å²) in [6, 6.07) is 6.61. The zero-order chi connectivity index (χ0) is 13.6. The molecule has 1 amide bonds. The normalized spacial score (nSPS) is 11.0. The predicted molar refractivity (Wildman–Crippen MR) is 68.3 cm³/mol. The molecule has 0 bridgehead atoms. The van der Waals surface area contributed by atoms with Crippen LogP contribution in [0.15, 0.2) is 29.2 Å². The average Bonchev–Trinajstić information content (AvgIpc) is 2.29. The molecule has 0 fully saturated rings. The molecule has 0 heterocycles. The van der Waals surface area contributed by atoms with Gasteiger partial charge in [0.2, 0.25) is 0 Å². The second-order valence-corrected chi connectivity index (χ2v) is 5.83. The Labute approximate surface area is 107 Å². The van der Waals surface area contributed by atoms with Crippen molar-refractivity contribution in [2.24, 2.45) is 0 Å². The second-order valence-electron chi connectivity index (χ2n) is 3.81. The molecular weight excluding hydrogens is 254 g/mol. The summed E-state index contributed by atoms with van der Waals surface area (Å²) in [5, 5.41) is 2.60. The van der Waals surface area contributed by atoms with Crippen molar-refractivity contribution in [1.29, 1.82) is 0 Å². The molecule has 100 valence electrons. The van der Waals surface area contributed by atoms with Crippen LogP contribution in [0, 0.1) is 0 Å². The highest BCUT2D eigenvalue weighted by atomic mass is 32.2. The Morgan fingerprint density at radius 2 is 1.89 bits per heavy atom. The number of sulfone groups is 1. The lowest BCUT2D eigenvalue weighted by atomic mass is 10.1. The van der Waals surface area contributed by atoms with Gasteiger partial charge in [0.15, 0.2) is 9.84 Å². The van der Waals surface area contributed by atoms with Crippen molar-refractivity contribution in [2.75, 3.05) is 19.4 Å². The number of hydrogen-bond donors (Lipinski definition) is 1. The van der Waals surface area contributed by atoms with E-state index in [-0.39, 0.29) is 0 Å². The maximum Gasteiger partial charge on any atom is 0.407 e. The smallest absolute Gasteiger partial charge is 0.407 e. The van der Waals surface area contributed by atoms with E-state index in [0.29, 0.717) is 24.5 Å². The van der Waals surface area contributed by atoms with Gasteiger partial charge in [0.25, 0.3) is 0 Å². The molecule has 0 atom stereocenters. The Morgan fingerprint density at radius 1 is 1.28 bits per heavy atom. The van der Waals surface area contributed by atoms with E-state index < -0.39 is 15.9 Å². The number of benzene rings is 1. The van der Waals surface area contributed by atoms with E-state index in [0.717, 1.165) is 5.56 Å². The quantitative estimate of drug-likeness (QED) is 0.878. The topological polar surface area (TPSA) is 72.5 Å². The molecule has 0 saturated heterocycles. The lowest BCUT2D eigenvalue weighted by Crippen LogP contribution is -2.26. The van der Waals surface area contributed by atoms with Gasteiger partial charge in [-0.2, -0.15) is 0 Å². The van der Waals surface area contributed by atoms with Gasteiger partial charge in [-0.3, -0.25) is 0 Å². The number of alkyl carbamates (subject to hydrolysis) is 1. The lowest BCUT2D eigenvalue weighted by molar-refractivity contribution is 0.152. The average molecular weight is 271 g/mol. The molecule has 0 aliphatic heterocycles. The minimum Gasteiger partial charge on any atom is -0.450 e. The first-order valence-electron chi connectivity index (χ1n) is 5.63. The number of nitrogens with one attached hydrogen (secondary N) is 1. The van der Waals surface area contributed by atoms with Crippen molar-refractivity contribution >= 4 is 15.9 Å². The Balaban J connectivity index is 2.47. The zero-order valence-corrected chi connectivity index (χ0v) is 11.3. The van der Waals surface area contributed by atoms with Gasteiger partial charge in [-0.25, -0.2) is 13.2 Å². The van der Waals surface area contributed by atoms with E-state index in [9.17, 15) is 13.2 Å². The molecule has 5 nitrogen and oxygen atoms in total. The summed E-state index contributed by atoms with van der Waals surface area (Å²) in [4.78, 5) is 11.3. The van der Waals surface area contributed by atoms with Crippen LogP contribution in [0.4, 0.5) is 4.79 Å². The first kappa shape index (κ1) is 14.5. The standard InChI is InChI=1S/C12H17NO4S/c1-3-17-12(14)13-9-8-10-4-6-11(7-5-10)18(2,15)16/h4-7H,3,8-9H2,1-2H3,(H,13,14). The number of carbonyl (C=O) groups is 1. The molecule has 1 rings (SSSR count). The summed E-state index contributed by atoms with van der Waals surface area (Å²) in [6.07, 6.45) is 1.36. The van der Waals surface area contributed by atoms with Crippen LogP contribution in [-0.4, -0.2) is 33.9 Å². The predicted octanol–water partition coefficient (Wildman–Crippen LogP) is 1.38. The fraction of sp³-hybridized carbons (Fsp3) is 0.417. The second kappa shape index (κ2) is 6.39. The highest BCUT2D eigenvalue weighted by Gasteiger charge is 2.06. The van der Waals surface area contributed by atoms with E-state index in [1.165, 1.54) is 6.26 Å². The number of hydrogen-bond acceptors (Lipinski definition) is 4. The van der Waals surface area contributed by atoms with Crippen LogP contribution < -0.4 is 5.32 Å². The van der Waals surface area contributed by atoms with Crippen molar-refractivity contribution < 1.29 is 17.9 Å². The van der Waals surface area contributed by atoms with E-state index in [1.807, 2.05) is 0 Å². The third-order valence-electron chi connectivity index (χ3n) is 2.31. The van der Waals surface area contributed by atoms with Crippen molar-refractivity contribution in [3.63, 3.8) is 0 Å². The molecule has 0 spiro atoms. The van der Waals surface area contributed by atoms with Crippen LogP contribution in [0.3, 0.4) is 0 Å². The number of amides is 1. The lowest BCUT2D eigenvalue weighted by Gasteiger charge is -2.05. The number of ether oxygens (including phenoxy) is 1. The summed E-state index contributed by atoms with van der Waals surface area (Å²) in [7, 11) is -3.15. The van der Waals surface area contributed by atoms with Crippen LogP contribution in [0.5, 0.6) is 0 Å². The Hall–Kier alpha value is -1.56. The number of rotatable bonds is 5. The van der Waals surface area contributed by atoms with Gasteiger partial charge in [0, 0.05) is 12.8 Å². The monoisotopic (exact) mass is 271 g/mol. The Morgan fingerprint density at radius 3 is 2.39 bits per heavy atom. The third kappa shape index (κ3) is 4.75. The van der Waals surface area contributed by atoms with Gasteiger partial charge in [0.05, 0.1) is 11.5 Å². The maximum absolute atomic E-state index is 11.2. The molecule has 18 heavy (non-hydrogen) atoms. The Bertz CT molecular complexity index is 493. The third-order valence-corrected chi connectivity index (χ3v) is 3.44. The fourth-order valence-corrected chi connectivity index (χ4v) is 2.02. The largest absolute Gasteiger partial charge is 0.450 e. The van der Waals surface area contributed by atoms with Gasteiger partial charge in [-0.1, -0.05) is 12.1 Å². The van der Waals surface area contributed by atoms with E-state index in [2.05, 4.69) is 5.32 Å². The minimum absolute atomic E-state index is 0.296. The van der Waals surface area contributed by atoms with E-state index in [4.69, 9.17) is 4.74 Å². The summed E-state index contributed by atoms with van der Waals surface area (Å²) >= 11 is 0. The molecule has 0 radical (unpaired) electrons. The Kier molecular flexibility index (Phi) is 5.15. The highest BCUT2D eigenvalue weighted by molar-refractivity contribution is 7.90. The highest BCUT2D eigenvalue weighted by Crippen LogP contribution is 2.10. The van der Waals surface area contributed by atoms with E-state index in [1.54, 1.807) is 31.2 Å². The van der Waals surface area contributed by atoms with E-state index >= 15 is 0 Å². The molecule has 0 aliphatic rings. The molecule has 1 aromatic carbocycles.